The van der Waals surface area contributed by atoms with Gasteiger partial charge >= 0.3 is 0 Å². The lowest BCUT2D eigenvalue weighted by Crippen LogP contribution is -2.41. The molecule has 1 aromatic heterocycles. The van der Waals surface area contributed by atoms with Crippen molar-refractivity contribution >= 4 is 50.5 Å². The summed E-state index contributed by atoms with van der Waals surface area (Å²) >= 11 is 7.97. The van der Waals surface area contributed by atoms with Gasteiger partial charge in [-0.2, -0.15) is 0 Å². The van der Waals surface area contributed by atoms with Crippen molar-refractivity contribution in [1.82, 2.24) is 15.6 Å². The topological polar surface area (TPSA) is 87.4 Å². The number of nitrogens with two attached hydrogens (primary N) is 1. The van der Waals surface area contributed by atoms with Gasteiger partial charge in [-0.05, 0) is 49.8 Å². The van der Waals surface area contributed by atoms with Crippen LogP contribution in [0.2, 0.25) is 5.02 Å². The number of nitrogens with zero attached hydrogens (tertiary/aromatic N) is 2. The number of anilines is 1. The standard InChI is InChI=1S/C21H23ClN6S/c1-12-15(4-3-5-16(12)22)18-11-20(28-21(23)27-18)25-9-8-24-14-6-7-17-19(10-14)29-13(2)26-17/h3-7,10-11,20,24-25H,8-9H2,1-2H3,(H3,23,27,28). The van der Waals surface area contributed by atoms with Gasteiger partial charge in [0, 0.05) is 35.1 Å². The molecule has 1 aliphatic rings. The third kappa shape index (κ3) is 4.53. The zero-order chi connectivity index (χ0) is 20.4. The molecule has 0 bridgehead atoms. The van der Waals surface area contributed by atoms with Crippen molar-refractivity contribution in [3.63, 3.8) is 0 Å². The molecule has 0 saturated carbocycles. The summed E-state index contributed by atoms with van der Waals surface area (Å²) in [6.07, 6.45) is 1.83. The average Bonchev–Trinajstić information content (AvgIpc) is 3.06. The Morgan fingerprint density at radius 2 is 2.07 bits per heavy atom. The van der Waals surface area contributed by atoms with Crippen LogP contribution in [0, 0.1) is 13.8 Å². The molecule has 8 heteroatoms. The van der Waals surface area contributed by atoms with Crippen LogP contribution >= 0.6 is 22.9 Å². The Hall–Kier alpha value is -2.61. The first-order valence-electron chi connectivity index (χ1n) is 9.41. The second-order valence-electron chi connectivity index (χ2n) is 6.87. The first-order valence-corrected chi connectivity index (χ1v) is 10.6. The van der Waals surface area contributed by atoms with Crippen LogP contribution in [0.4, 0.5) is 5.69 Å². The van der Waals surface area contributed by atoms with E-state index in [0.29, 0.717) is 5.96 Å². The van der Waals surface area contributed by atoms with Crippen LogP contribution in [0.5, 0.6) is 0 Å². The quantitative estimate of drug-likeness (QED) is 0.450. The number of aromatic nitrogens is 1. The molecular weight excluding hydrogens is 404 g/mol. The predicted octanol–water partition coefficient (Wildman–Crippen LogP) is 3.85. The molecule has 3 aromatic rings. The van der Waals surface area contributed by atoms with Gasteiger partial charge in [0.25, 0.3) is 0 Å². The molecule has 1 aliphatic heterocycles. The van der Waals surface area contributed by atoms with Crippen molar-refractivity contribution < 1.29 is 0 Å². The van der Waals surface area contributed by atoms with E-state index in [2.05, 4.69) is 44.1 Å². The highest BCUT2D eigenvalue weighted by Gasteiger charge is 2.16. The number of aryl methyl sites for hydroxylation is 1. The molecule has 2 aromatic carbocycles. The molecule has 6 nitrogen and oxygen atoms in total. The number of aliphatic imine (C=N–C) groups is 1. The number of nitrogens with one attached hydrogen (secondary N) is 3. The zero-order valence-electron chi connectivity index (χ0n) is 16.3. The molecule has 0 radical (unpaired) electrons. The number of guanidine groups is 1. The highest BCUT2D eigenvalue weighted by molar-refractivity contribution is 7.18. The van der Waals surface area contributed by atoms with E-state index >= 15 is 0 Å². The van der Waals surface area contributed by atoms with Gasteiger partial charge in [-0.3, -0.25) is 5.32 Å². The number of thiazole rings is 1. The van der Waals surface area contributed by atoms with E-state index in [1.165, 1.54) is 4.70 Å². The number of halogens is 1. The summed E-state index contributed by atoms with van der Waals surface area (Å²) in [7, 11) is 0. The van der Waals surface area contributed by atoms with Crippen molar-refractivity contribution in [2.75, 3.05) is 18.4 Å². The van der Waals surface area contributed by atoms with E-state index in [4.69, 9.17) is 17.3 Å². The minimum absolute atomic E-state index is 0.196. The van der Waals surface area contributed by atoms with Crippen LogP contribution in [0.25, 0.3) is 15.9 Å². The molecule has 150 valence electrons. The van der Waals surface area contributed by atoms with Gasteiger partial charge in [0.1, 0.15) is 6.17 Å². The summed E-state index contributed by atoms with van der Waals surface area (Å²) in [5.41, 5.74) is 11.1. The lowest BCUT2D eigenvalue weighted by atomic mass is 10.0. The van der Waals surface area contributed by atoms with Gasteiger partial charge in [-0.25, -0.2) is 9.98 Å². The Balaban J connectivity index is 1.37. The smallest absolute Gasteiger partial charge is 0.195 e. The monoisotopic (exact) mass is 426 g/mol. The first-order chi connectivity index (χ1) is 14.0. The summed E-state index contributed by atoms with van der Waals surface area (Å²) in [6.45, 7) is 5.52. The van der Waals surface area contributed by atoms with Crippen LogP contribution < -0.4 is 21.7 Å². The lowest BCUT2D eigenvalue weighted by Gasteiger charge is -2.22. The highest BCUT2D eigenvalue weighted by Crippen LogP contribution is 2.26. The van der Waals surface area contributed by atoms with E-state index in [9.17, 15) is 0 Å². The van der Waals surface area contributed by atoms with E-state index in [1.807, 2.05) is 38.1 Å². The molecule has 0 aliphatic carbocycles. The fourth-order valence-electron chi connectivity index (χ4n) is 3.29. The SMILES string of the molecule is Cc1nc2ccc(NCCNC3C=C(c4cccc(Cl)c4C)NC(N)=N3)cc2s1. The Kier molecular flexibility index (Phi) is 5.71. The maximum absolute atomic E-state index is 6.26. The van der Waals surface area contributed by atoms with Gasteiger partial charge in [0.2, 0.25) is 0 Å². The minimum atomic E-state index is -0.196. The van der Waals surface area contributed by atoms with E-state index in [-0.39, 0.29) is 6.17 Å². The molecule has 0 saturated heterocycles. The van der Waals surface area contributed by atoms with Crippen molar-refractivity contribution in [1.29, 1.82) is 0 Å². The molecule has 0 spiro atoms. The van der Waals surface area contributed by atoms with Gasteiger partial charge in [-0.1, -0.05) is 23.7 Å². The summed E-state index contributed by atoms with van der Waals surface area (Å²) in [5.74, 6) is 0.387. The molecule has 0 amide bonds. The molecule has 0 fully saturated rings. The molecule has 5 N–H and O–H groups in total. The first kappa shape index (κ1) is 19.7. The fourth-order valence-corrected chi connectivity index (χ4v) is 4.34. The number of hydrogen-bond acceptors (Lipinski definition) is 7. The van der Waals surface area contributed by atoms with E-state index in [1.54, 1.807) is 11.3 Å². The number of benzene rings is 2. The Bertz CT molecular complexity index is 1100. The summed E-state index contributed by atoms with van der Waals surface area (Å²) in [6, 6.07) is 12.1. The lowest BCUT2D eigenvalue weighted by molar-refractivity contribution is 0.620. The Morgan fingerprint density at radius 3 is 2.93 bits per heavy atom. The van der Waals surface area contributed by atoms with Crippen molar-refractivity contribution in [3.05, 3.63) is 63.6 Å². The Morgan fingerprint density at radius 1 is 1.21 bits per heavy atom. The van der Waals surface area contributed by atoms with Crippen molar-refractivity contribution in [2.24, 2.45) is 10.7 Å². The second-order valence-corrected chi connectivity index (χ2v) is 8.52. The minimum Gasteiger partial charge on any atom is -0.384 e. The molecule has 2 heterocycles. The third-order valence-electron chi connectivity index (χ3n) is 4.73. The Labute approximate surface area is 178 Å². The van der Waals surface area contributed by atoms with Gasteiger partial charge < -0.3 is 16.4 Å². The average molecular weight is 427 g/mol. The van der Waals surface area contributed by atoms with Crippen LogP contribution in [-0.4, -0.2) is 30.2 Å². The van der Waals surface area contributed by atoms with Crippen LogP contribution in [-0.2, 0) is 0 Å². The normalized spacial score (nSPS) is 16.3. The summed E-state index contributed by atoms with van der Waals surface area (Å²) < 4.78 is 1.20. The molecule has 1 unspecified atom stereocenters. The summed E-state index contributed by atoms with van der Waals surface area (Å²) in [5, 5.41) is 11.8. The highest BCUT2D eigenvalue weighted by atomic mass is 35.5. The summed E-state index contributed by atoms with van der Waals surface area (Å²) in [4.78, 5) is 8.92. The van der Waals surface area contributed by atoms with Crippen molar-refractivity contribution in [2.45, 2.75) is 20.0 Å². The van der Waals surface area contributed by atoms with Crippen LogP contribution in [0.15, 0.2) is 47.5 Å². The van der Waals surface area contributed by atoms with Gasteiger partial charge in [-0.15, -0.1) is 11.3 Å². The third-order valence-corrected chi connectivity index (χ3v) is 6.07. The number of fused-ring (bicyclic) bond motifs is 1. The van der Waals surface area contributed by atoms with E-state index < -0.39 is 0 Å². The second kappa shape index (κ2) is 8.41. The van der Waals surface area contributed by atoms with Crippen molar-refractivity contribution in [3.8, 4) is 0 Å². The number of hydrogen-bond donors (Lipinski definition) is 4. The molecular formula is C21H23ClN6S. The molecule has 29 heavy (non-hydrogen) atoms. The zero-order valence-corrected chi connectivity index (χ0v) is 17.9. The maximum atomic E-state index is 6.26. The largest absolute Gasteiger partial charge is 0.384 e. The van der Waals surface area contributed by atoms with Gasteiger partial charge in [0.15, 0.2) is 5.96 Å². The van der Waals surface area contributed by atoms with Crippen LogP contribution in [0.3, 0.4) is 0 Å². The molecule has 4 rings (SSSR count). The van der Waals surface area contributed by atoms with E-state index in [0.717, 1.165) is 51.1 Å². The van der Waals surface area contributed by atoms with Crippen LogP contribution in [0.1, 0.15) is 16.1 Å². The molecule has 1 atom stereocenters. The predicted molar refractivity (Wildman–Crippen MR) is 124 cm³/mol. The maximum Gasteiger partial charge on any atom is 0.195 e. The fraction of sp³-hybridized carbons (Fsp3) is 0.238. The van der Waals surface area contributed by atoms with Gasteiger partial charge in [0.05, 0.1) is 15.2 Å². The number of rotatable bonds is 6.